The highest BCUT2D eigenvalue weighted by molar-refractivity contribution is 5.70. The highest BCUT2D eigenvalue weighted by Gasteiger charge is 2.17. The van der Waals surface area contributed by atoms with Crippen LogP contribution in [0.5, 0.6) is 0 Å². The Morgan fingerprint density at radius 1 is 0.397 bits per heavy atom. The number of carbonyl (C=O) groups is 2. The first-order valence-corrected chi connectivity index (χ1v) is 24.1. The highest BCUT2D eigenvalue weighted by Crippen LogP contribution is 2.12. The van der Waals surface area contributed by atoms with Crippen molar-refractivity contribution < 1.29 is 23.8 Å². The molecule has 332 valence electrons. The molecule has 0 saturated heterocycles. The second-order valence-corrected chi connectivity index (χ2v) is 15.6. The van der Waals surface area contributed by atoms with Crippen molar-refractivity contribution in [1.29, 1.82) is 0 Å². The van der Waals surface area contributed by atoms with Crippen LogP contribution in [0.25, 0.3) is 0 Å². The normalized spacial score (nSPS) is 12.9. The quantitative estimate of drug-likeness (QED) is 0.0349. The Morgan fingerprint density at radius 2 is 0.845 bits per heavy atom. The number of hydrogen-bond donors (Lipinski definition) is 0. The van der Waals surface area contributed by atoms with E-state index in [0.29, 0.717) is 25.9 Å². The monoisotopic (exact) mass is 807 g/mol. The maximum Gasteiger partial charge on any atom is 0.306 e. The zero-order chi connectivity index (χ0) is 42.1. The fraction of sp³-hybridized carbons (Fsp3) is 0.698. The first kappa shape index (κ1) is 55.1. The topological polar surface area (TPSA) is 61.8 Å². The van der Waals surface area contributed by atoms with Gasteiger partial charge in [0.05, 0.1) is 6.61 Å². The van der Waals surface area contributed by atoms with Gasteiger partial charge in [-0.05, 0) is 96.3 Å². The van der Waals surface area contributed by atoms with Crippen LogP contribution in [0, 0.1) is 0 Å². The van der Waals surface area contributed by atoms with Crippen LogP contribution in [0.2, 0.25) is 0 Å². The van der Waals surface area contributed by atoms with Crippen molar-refractivity contribution in [3.8, 4) is 0 Å². The van der Waals surface area contributed by atoms with Crippen LogP contribution in [-0.4, -0.2) is 37.9 Å². The molecule has 0 rings (SSSR count). The molecule has 0 bridgehead atoms. The number of hydrogen-bond acceptors (Lipinski definition) is 5. The van der Waals surface area contributed by atoms with Gasteiger partial charge in [-0.25, -0.2) is 0 Å². The van der Waals surface area contributed by atoms with E-state index in [1.54, 1.807) is 0 Å². The van der Waals surface area contributed by atoms with E-state index in [2.05, 4.69) is 99.8 Å². The fourth-order valence-corrected chi connectivity index (χ4v) is 6.32. The lowest BCUT2D eigenvalue weighted by Crippen LogP contribution is -2.30. The first-order valence-electron chi connectivity index (χ1n) is 24.1. The molecule has 0 aromatic carbocycles. The van der Waals surface area contributed by atoms with E-state index in [1.807, 2.05) is 6.08 Å². The molecule has 0 radical (unpaired) electrons. The molecule has 1 atom stereocenters. The average molecular weight is 807 g/mol. The summed E-state index contributed by atoms with van der Waals surface area (Å²) in [6, 6.07) is 0. The summed E-state index contributed by atoms with van der Waals surface area (Å²) in [6.45, 7) is 7.53. The second-order valence-electron chi connectivity index (χ2n) is 15.6. The Morgan fingerprint density at radius 3 is 1.40 bits per heavy atom. The number of esters is 2. The molecule has 0 aromatic heterocycles. The van der Waals surface area contributed by atoms with E-state index < -0.39 is 6.10 Å². The minimum atomic E-state index is -0.585. The number of allylic oxidation sites excluding steroid dienone is 14. The van der Waals surface area contributed by atoms with Crippen LogP contribution < -0.4 is 0 Å². The summed E-state index contributed by atoms with van der Waals surface area (Å²) in [6.07, 6.45) is 63.1. The minimum Gasteiger partial charge on any atom is -0.462 e. The van der Waals surface area contributed by atoms with Crippen molar-refractivity contribution in [2.75, 3.05) is 19.8 Å². The predicted molar refractivity (Wildman–Crippen MR) is 251 cm³/mol. The van der Waals surface area contributed by atoms with Crippen molar-refractivity contribution >= 4 is 11.9 Å². The molecule has 58 heavy (non-hydrogen) atoms. The maximum atomic E-state index is 12.7. The third kappa shape index (κ3) is 45.8. The molecule has 0 aliphatic carbocycles. The summed E-state index contributed by atoms with van der Waals surface area (Å²) in [5.41, 5.74) is 0. The third-order valence-electron chi connectivity index (χ3n) is 9.88. The molecule has 5 nitrogen and oxygen atoms in total. The van der Waals surface area contributed by atoms with E-state index >= 15 is 0 Å². The molecule has 5 heteroatoms. The van der Waals surface area contributed by atoms with Crippen LogP contribution in [-0.2, 0) is 23.8 Å². The molecule has 0 fully saturated rings. The van der Waals surface area contributed by atoms with E-state index in [0.717, 1.165) is 77.0 Å². The van der Waals surface area contributed by atoms with Gasteiger partial charge in [0, 0.05) is 19.4 Å². The maximum absolute atomic E-state index is 12.7. The summed E-state index contributed by atoms with van der Waals surface area (Å²) in [7, 11) is 0. The molecule has 0 aliphatic heterocycles. The lowest BCUT2D eigenvalue weighted by molar-refractivity contribution is -0.162. The standard InChI is InChI=1S/C53H90O5/c1-4-7-10-13-16-19-22-25-27-29-31-34-37-40-43-46-52(54)57-50-51(49-56-48-45-42-39-36-33-30-26-23-20-17-14-11-8-5-2)58-53(55)47-44-41-38-35-32-28-24-21-18-15-12-9-6-3/h9,11-12,14,18,20-21,23,25,27-28,32,38,41,51H,4-8,10,13,15-17,19,22,24,26,29-31,33-37,39-40,42-50H2,1-3H3/b12-9-,14-11-,21-18-,23-20-,27-25-,32-28-,41-38-. The zero-order valence-electron chi connectivity index (χ0n) is 38.0. The largest absolute Gasteiger partial charge is 0.462 e. The van der Waals surface area contributed by atoms with Crippen LogP contribution in [0.3, 0.4) is 0 Å². The van der Waals surface area contributed by atoms with Gasteiger partial charge >= 0.3 is 11.9 Å². The summed E-state index contributed by atoms with van der Waals surface area (Å²) in [4.78, 5) is 25.3. The smallest absolute Gasteiger partial charge is 0.306 e. The highest BCUT2D eigenvalue weighted by atomic mass is 16.6. The molecule has 1 unspecified atom stereocenters. The molecule has 0 amide bonds. The van der Waals surface area contributed by atoms with Crippen LogP contribution >= 0.6 is 0 Å². The average Bonchev–Trinajstić information content (AvgIpc) is 3.22. The minimum absolute atomic E-state index is 0.0447. The molecule has 0 saturated carbocycles. The van der Waals surface area contributed by atoms with Gasteiger partial charge in [-0.1, -0.05) is 189 Å². The van der Waals surface area contributed by atoms with Crippen molar-refractivity contribution in [3.63, 3.8) is 0 Å². The summed E-state index contributed by atoms with van der Waals surface area (Å²) >= 11 is 0. The van der Waals surface area contributed by atoms with Gasteiger partial charge in [0.25, 0.3) is 0 Å². The van der Waals surface area contributed by atoms with E-state index in [4.69, 9.17) is 14.2 Å². The number of rotatable bonds is 43. The SMILES string of the molecule is CC/C=C\C/C=C\C/C=C\C/C=C\CCC(=O)OC(COCCCCCCCC/C=C\C/C=C\CCC)COC(=O)CCCCCCC/C=C\CCCCCCCC. The van der Waals surface area contributed by atoms with Crippen molar-refractivity contribution in [2.24, 2.45) is 0 Å². The van der Waals surface area contributed by atoms with Gasteiger partial charge in [-0.3, -0.25) is 9.59 Å². The van der Waals surface area contributed by atoms with E-state index in [9.17, 15) is 9.59 Å². The third-order valence-corrected chi connectivity index (χ3v) is 9.88. The fourth-order valence-electron chi connectivity index (χ4n) is 6.32. The van der Waals surface area contributed by atoms with Crippen LogP contribution in [0.1, 0.15) is 213 Å². The Balaban J connectivity index is 4.39. The predicted octanol–water partition coefficient (Wildman–Crippen LogP) is 16.1. The lowest BCUT2D eigenvalue weighted by atomic mass is 10.1. The van der Waals surface area contributed by atoms with Crippen molar-refractivity contribution in [1.82, 2.24) is 0 Å². The van der Waals surface area contributed by atoms with Crippen LogP contribution in [0.4, 0.5) is 0 Å². The zero-order valence-corrected chi connectivity index (χ0v) is 38.0. The van der Waals surface area contributed by atoms with Crippen LogP contribution in [0.15, 0.2) is 85.1 Å². The molecule has 0 N–H and O–H groups in total. The molecule has 0 aromatic rings. The van der Waals surface area contributed by atoms with Crippen molar-refractivity contribution in [3.05, 3.63) is 85.1 Å². The Kier molecular flexibility index (Phi) is 46.0. The summed E-state index contributed by atoms with van der Waals surface area (Å²) < 4.78 is 17.3. The second kappa shape index (κ2) is 48.4. The number of carbonyl (C=O) groups excluding carboxylic acids is 2. The van der Waals surface area contributed by atoms with E-state index in [1.165, 1.54) is 96.3 Å². The number of unbranched alkanes of at least 4 members (excludes halogenated alkanes) is 18. The molecule has 0 aliphatic rings. The lowest BCUT2D eigenvalue weighted by Gasteiger charge is -2.18. The summed E-state index contributed by atoms with van der Waals surface area (Å²) in [5.74, 6) is -0.509. The van der Waals surface area contributed by atoms with Gasteiger partial charge in [-0.15, -0.1) is 0 Å². The van der Waals surface area contributed by atoms with Gasteiger partial charge in [-0.2, -0.15) is 0 Å². The molecule has 0 heterocycles. The molecular formula is C53H90O5. The number of ether oxygens (including phenoxy) is 3. The Labute approximate surface area is 359 Å². The van der Waals surface area contributed by atoms with Gasteiger partial charge in [0.2, 0.25) is 0 Å². The Hall–Kier alpha value is -2.92. The summed E-state index contributed by atoms with van der Waals surface area (Å²) in [5, 5.41) is 0. The van der Waals surface area contributed by atoms with Gasteiger partial charge in [0.15, 0.2) is 6.10 Å². The van der Waals surface area contributed by atoms with E-state index in [-0.39, 0.29) is 25.2 Å². The molecular weight excluding hydrogens is 717 g/mol. The molecule has 0 spiro atoms. The first-order chi connectivity index (χ1) is 28.6. The van der Waals surface area contributed by atoms with Gasteiger partial charge < -0.3 is 14.2 Å². The van der Waals surface area contributed by atoms with Crippen molar-refractivity contribution in [2.45, 2.75) is 219 Å². The Bertz CT molecular complexity index is 1090. The van der Waals surface area contributed by atoms with Gasteiger partial charge in [0.1, 0.15) is 6.61 Å².